The van der Waals surface area contributed by atoms with Crippen LogP contribution in [0, 0.1) is 6.92 Å². The van der Waals surface area contributed by atoms with Gasteiger partial charge in [0, 0.05) is 18.3 Å². The Morgan fingerprint density at radius 3 is 2.35 bits per heavy atom. The molecular formula is C27H27N7O2S. The van der Waals surface area contributed by atoms with E-state index in [-0.39, 0.29) is 23.6 Å². The lowest BCUT2D eigenvalue weighted by Gasteiger charge is -2.14. The van der Waals surface area contributed by atoms with Crippen LogP contribution in [0.4, 0.5) is 17.1 Å². The number of hydrogen-bond donors (Lipinski definition) is 2. The number of carbonyl (C=O) groups is 2. The second kappa shape index (κ2) is 12.1. The van der Waals surface area contributed by atoms with Gasteiger partial charge in [-0.05, 0) is 62.4 Å². The fourth-order valence-electron chi connectivity index (χ4n) is 3.51. The van der Waals surface area contributed by atoms with Crippen LogP contribution in [0.25, 0.3) is 0 Å². The third kappa shape index (κ3) is 7.11. The van der Waals surface area contributed by atoms with Crippen molar-refractivity contribution < 1.29 is 9.59 Å². The lowest BCUT2D eigenvalue weighted by Crippen LogP contribution is -2.28. The van der Waals surface area contributed by atoms with Crippen molar-refractivity contribution in [1.29, 1.82) is 0 Å². The van der Waals surface area contributed by atoms with Crippen molar-refractivity contribution in [1.82, 2.24) is 20.1 Å². The van der Waals surface area contributed by atoms with E-state index in [0.29, 0.717) is 27.9 Å². The van der Waals surface area contributed by atoms with Crippen molar-refractivity contribution in [2.24, 2.45) is 17.3 Å². The maximum atomic E-state index is 12.6. The molecule has 4 rings (SSSR count). The van der Waals surface area contributed by atoms with Crippen LogP contribution in [0.3, 0.4) is 0 Å². The van der Waals surface area contributed by atoms with E-state index in [1.54, 1.807) is 34.9 Å². The minimum Gasteiger partial charge on any atom is -0.342 e. The van der Waals surface area contributed by atoms with Gasteiger partial charge >= 0.3 is 0 Å². The molecule has 4 aromatic rings. The normalized spacial score (nSPS) is 11.9. The van der Waals surface area contributed by atoms with Crippen molar-refractivity contribution >= 4 is 40.6 Å². The van der Waals surface area contributed by atoms with Crippen LogP contribution in [0.15, 0.2) is 94.2 Å². The number of nitrogens with zero attached hydrogens (tertiary/aromatic N) is 5. The first-order valence-electron chi connectivity index (χ1n) is 11.7. The lowest BCUT2D eigenvalue weighted by molar-refractivity contribution is -0.113. The summed E-state index contributed by atoms with van der Waals surface area (Å²) < 4.78 is 1.78. The topological polar surface area (TPSA) is 114 Å². The standard InChI is InChI=1S/C27H27N7O2S/c1-18-8-7-9-20(16-18)26(36)28-19(2)25-32-33-27(34(25)3)37-17-24(35)29-21-12-14-23(15-13-21)31-30-22-10-5-4-6-11-22/h4-16,19H,17H2,1-3H3,(H,28,36)(H,29,35)/t19-/m0/s1. The van der Waals surface area contributed by atoms with E-state index in [9.17, 15) is 9.59 Å². The third-order valence-corrected chi connectivity index (χ3v) is 6.42. The van der Waals surface area contributed by atoms with Gasteiger partial charge in [0.1, 0.15) is 0 Å². The van der Waals surface area contributed by atoms with Crippen molar-refractivity contribution in [2.45, 2.75) is 25.0 Å². The molecule has 2 amide bonds. The molecule has 1 heterocycles. The molecule has 0 aliphatic carbocycles. The van der Waals surface area contributed by atoms with E-state index >= 15 is 0 Å². The van der Waals surface area contributed by atoms with E-state index < -0.39 is 0 Å². The van der Waals surface area contributed by atoms with Gasteiger partial charge in [0.05, 0.1) is 23.2 Å². The average Bonchev–Trinajstić information content (AvgIpc) is 3.28. The number of benzene rings is 3. The summed E-state index contributed by atoms with van der Waals surface area (Å²) in [5.74, 6) is 0.407. The first kappa shape index (κ1) is 25.8. The number of anilines is 1. The Morgan fingerprint density at radius 2 is 1.65 bits per heavy atom. The maximum absolute atomic E-state index is 12.6. The van der Waals surface area contributed by atoms with Gasteiger partial charge in [-0.3, -0.25) is 9.59 Å². The minimum atomic E-state index is -0.355. The van der Waals surface area contributed by atoms with Crippen LogP contribution in [0.1, 0.15) is 34.7 Å². The fourth-order valence-corrected chi connectivity index (χ4v) is 4.23. The summed E-state index contributed by atoms with van der Waals surface area (Å²) >= 11 is 1.27. The van der Waals surface area contributed by atoms with Crippen LogP contribution in [-0.2, 0) is 11.8 Å². The average molecular weight is 514 g/mol. The summed E-state index contributed by atoms with van der Waals surface area (Å²) in [6.45, 7) is 3.79. The summed E-state index contributed by atoms with van der Waals surface area (Å²) in [5, 5.41) is 23.2. The Bertz CT molecular complexity index is 1400. The zero-order valence-corrected chi connectivity index (χ0v) is 21.6. The van der Waals surface area contributed by atoms with Crippen molar-refractivity contribution in [3.63, 3.8) is 0 Å². The molecule has 0 aliphatic heterocycles. The highest BCUT2D eigenvalue weighted by molar-refractivity contribution is 7.99. The molecule has 0 spiro atoms. The molecule has 0 fully saturated rings. The number of amides is 2. The second-order valence-corrected chi connectivity index (χ2v) is 9.33. The molecule has 0 saturated carbocycles. The molecule has 9 nitrogen and oxygen atoms in total. The number of hydrogen-bond acceptors (Lipinski definition) is 7. The molecule has 0 unspecified atom stereocenters. The number of azo groups is 1. The van der Waals surface area contributed by atoms with Crippen LogP contribution in [-0.4, -0.2) is 32.3 Å². The molecule has 1 atom stereocenters. The minimum absolute atomic E-state index is 0.158. The predicted octanol–water partition coefficient (Wildman–Crippen LogP) is 5.76. The van der Waals surface area contributed by atoms with Gasteiger partial charge in [0.2, 0.25) is 5.91 Å². The Morgan fingerprint density at radius 1 is 0.946 bits per heavy atom. The van der Waals surface area contributed by atoms with E-state index in [1.807, 2.05) is 69.4 Å². The van der Waals surface area contributed by atoms with Gasteiger partial charge in [-0.15, -0.1) is 10.2 Å². The number of thioether (sulfide) groups is 1. The SMILES string of the molecule is Cc1cccc(C(=O)N[C@@H](C)c2nnc(SCC(=O)Nc3ccc(N=Nc4ccccc4)cc3)n2C)c1. The van der Waals surface area contributed by atoms with E-state index in [4.69, 9.17) is 0 Å². The van der Waals surface area contributed by atoms with Crippen LogP contribution < -0.4 is 10.6 Å². The van der Waals surface area contributed by atoms with Gasteiger partial charge in [-0.2, -0.15) is 10.2 Å². The molecule has 188 valence electrons. The van der Waals surface area contributed by atoms with Crippen molar-refractivity contribution in [3.05, 3.63) is 95.8 Å². The predicted molar refractivity (Wildman–Crippen MR) is 144 cm³/mol. The second-order valence-electron chi connectivity index (χ2n) is 8.38. The molecule has 10 heteroatoms. The third-order valence-electron chi connectivity index (χ3n) is 5.40. The highest BCUT2D eigenvalue weighted by Crippen LogP contribution is 2.22. The zero-order chi connectivity index (χ0) is 26.2. The number of aryl methyl sites for hydroxylation is 1. The van der Waals surface area contributed by atoms with E-state index in [2.05, 4.69) is 31.1 Å². The van der Waals surface area contributed by atoms with Crippen molar-refractivity contribution in [2.75, 3.05) is 11.1 Å². The molecule has 1 aromatic heterocycles. The Labute approximate surface area is 219 Å². The molecular weight excluding hydrogens is 486 g/mol. The molecule has 3 aromatic carbocycles. The number of aromatic nitrogens is 3. The van der Waals surface area contributed by atoms with Crippen LogP contribution in [0.5, 0.6) is 0 Å². The first-order valence-corrected chi connectivity index (χ1v) is 12.6. The van der Waals surface area contributed by atoms with Gasteiger partial charge in [-0.25, -0.2) is 0 Å². The van der Waals surface area contributed by atoms with E-state index in [0.717, 1.165) is 11.3 Å². The number of nitrogens with one attached hydrogen (secondary N) is 2. The molecule has 0 saturated heterocycles. The molecule has 37 heavy (non-hydrogen) atoms. The van der Waals surface area contributed by atoms with Gasteiger partial charge in [0.25, 0.3) is 5.91 Å². The zero-order valence-electron chi connectivity index (χ0n) is 20.8. The highest BCUT2D eigenvalue weighted by atomic mass is 32.2. The smallest absolute Gasteiger partial charge is 0.251 e. The summed E-state index contributed by atoms with van der Waals surface area (Å²) in [7, 11) is 1.81. The molecule has 0 bridgehead atoms. The quantitative estimate of drug-likeness (QED) is 0.218. The van der Waals surface area contributed by atoms with Gasteiger partial charge in [-0.1, -0.05) is 47.7 Å². The monoisotopic (exact) mass is 513 g/mol. The summed E-state index contributed by atoms with van der Waals surface area (Å²) in [4.78, 5) is 25.0. The number of rotatable bonds is 9. The van der Waals surface area contributed by atoms with Crippen LogP contribution >= 0.6 is 11.8 Å². The Kier molecular flexibility index (Phi) is 8.42. The Balaban J connectivity index is 1.28. The van der Waals surface area contributed by atoms with Crippen LogP contribution in [0.2, 0.25) is 0 Å². The number of carbonyl (C=O) groups excluding carboxylic acids is 2. The molecule has 0 aliphatic rings. The van der Waals surface area contributed by atoms with Gasteiger partial charge in [0.15, 0.2) is 11.0 Å². The maximum Gasteiger partial charge on any atom is 0.251 e. The lowest BCUT2D eigenvalue weighted by atomic mass is 10.1. The summed E-state index contributed by atoms with van der Waals surface area (Å²) in [6.07, 6.45) is 0. The van der Waals surface area contributed by atoms with Gasteiger partial charge < -0.3 is 15.2 Å². The van der Waals surface area contributed by atoms with E-state index in [1.165, 1.54) is 11.8 Å². The summed E-state index contributed by atoms with van der Waals surface area (Å²) in [5.41, 5.74) is 3.72. The molecule has 2 N–H and O–H groups in total. The molecule has 0 radical (unpaired) electrons. The fraction of sp³-hybridized carbons (Fsp3) is 0.185. The van der Waals surface area contributed by atoms with Crippen molar-refractivity contribution in [3.8, 4) is 0 Å². The highest BCUT2D eigenvalue weighted by Gasteiger charge is 2.19. The summed E-state index contributed by atoms with van der Waals surface area (Å²) in [6, 6.07) is 23.6. The Hall–Kier alpha value is -4.31. The largest absolute Gasteiger partial charge is 0.342 e. The first-order chi connectivity index (χ1) is 17.9.